The average molecular weight is 459 g/mol. The van der Waals surface area contributed by atoms with Crippen molar-refractivity contribution in [2.24, 2.45) is 0 Å². The number of carbonyl (C=O) groups excluding carboxylic acids is 2. The number of ether oxygens (including phenoxy) is 1. The van der Waals surface area contributed by atoms with Crippen LogP contribution in [0, 0.1) is 0 Å². The second kappa shape index (κ2) is 8.86. The number of rotatable bonds is 5. The predicted octanol–water partition coefficient (Wildman–Crippen LogP) is 2.78. The molecule has 2 aromatic rings. The van der Waals surface area contributed by atoms with Crippen LogP contribution in [0.3, 0.4) is 0 Å². The first kappa shape index (κ1) is 21.6. The van der Waals surface area contributed by atoms with Crippen molar-refractivity contribution in [3.8, 4) is 0 Å². The van der Waals surface area contributed by atoms with Crippen molar-refractivity contribution in [1.29, 1.82) is 0 Å². The third-order valence-corrected chi connectivity index (χ3v) is 8.25. The number of anilines is 1. The SMILES string of the molecule is COC(=O)CN1C(=O)CSc2ccc(S(=O)(=O)N3CC=C(c4ccccc4)CC3)cc21. The number of benzene rings is 2. The Balaban J connectivity index is 1.60. The summed E-state index contributed by atoms with van der Waals surface area (Å²) in [5, 5.41) is 0. The van der Waals surface area contributed by atoms with Gasteiger partial charge in [-0.05, 0) is 35.8 Å². The standard InChI is InChI=1S/C22H22N2O5S2/c1-29-22(26)14-24-19-13-18(7-8-20(19)30-15-21(24)25)31(27,28)23-11-9-17(10-12-23)16-5-3-2-4-6-16/h2-9,13H,10-12,14-15H2,1H3. The zero-order chi connectivity index (χ0) is 22.0. The van der Waals surface area contributed by atoms with Crippen molar-refractivity contribution >= 4 is 44.9 Å². The number of thioether (sulfide) groups is 1. The molecule has 0 bridgehead atoms. The fourth-order valence-electron chi connectivity index (χ4n) is 3.64. The highest BCUT2D eigenvalue weighted by Crippen LogP contribution is 2.37. The smallest absolute Gasteiger partial charge is 0.325 e. The van der Waals surface area contributed by atoms with Crippen molar-refractivity contribution in [3.05, 3.63) is 60.2 Å². The van der Waals surface area contributed by atoms with Gasteiger partial charge in [0.15, 0.2) is 0 Å². The van der Waals surface area contributed by atoms with E-state index in [1.807, 2.05) is 36.4 Å². The summed E-state index contributed by atoms with van der Waals surface area (Å²) < 4.78 is 32.7. The van der Waals surface area contributed by atoms with Gasteiger partial charge in [0.25, 0.3) is 0 Å². The molecule has 0 radical (unpaired) electrons. The number of carbonyl (C=O) groups is 2. The first-order valence-corrected chi connectivity index (χ1v) is 12.2. The quantitative estimate of drug-likeness (QED) is 0.641. The van der Waals surface area contributed by atoms with Crippen molar-refractivity contribution in [1.82, 2.24) is 4.31 Å². The van der Waals surface area contributed by atoms with E-state index in [1.54, 1.807) is 12.1 Å². The zero-order valence-corrected chi connectivity index (χ0v) is 18.6. The van der Waals surface area contributed by atoms with Crippen molar-refractivity contribution in [2.45, 2.75) is 16.2 Å². The number of esters is 1. The Labute approximate surface area is 185 Å². The molecule has 2 aliphatic rings. The van der Waals surface area contributed by atoms with Gasteiger partial charge in [-0.15, -0.1) is 11.8 Å². The van der Waals surface area contributed by atoms with Crippen LogP contribution in [0.5, 0.6) is 0 Å². The van der Waals surface area contributed by atoms with Crippen LogP contribution in [0.4, 0.5) is 5.69 Å². The number of amides is 1. The van der Waals surface area contributed by atoms with E-state index in [9.17, 15) is 18.0 Å². The summed E-state index contributed by atoms with van der Waals surface area (Å²) in [6.45, 7) is 0.405. The number of sulfonamides is 1. The Morgan fingerprint density at radius 1 is 1.16 bits per heavy atom. The van der Waals surface area contributed by atoms with E-state index in [0.29, 0.717) is 18.7 Å². The van der Waals surface area contributed by atoms with Gasteiger partial charge in [0.05, 0.1) is 23.4 Å². The van der Waals surface area contributed by atoms with Crippen LogP contribution < -0.4 is 4.90 Å². The second-order valence-electron chi connectivity index (χ2n) is 7.18. The van der Waals surface area contributed by atoms with E-state index >= 15 is 0 Å². The Hall–Kier alpha value is -2.62. The molecule has 2 aromatic carbocycles. The second-order valence-corrected chi connectivity index (χ2v) is 10.1. The van der Waals surface area contributed by atoms with E-state index < -0.39 is 16.0 Å². The van der Waals surface area contributed by atoms with Gasteiger partial charge in [0.1, 0.15) is 6.54 Å². The Bertz CT molecular complexity index is 1150. The number of hydrogen-bond donors (Lipinski definition) is 0. The minimum absolute atomic E-state index is 0.105. The third kappa shape index (κ3) is 4.39. The molecule has 7 nitrogen and oxygen atoms in total. The van der Waals surface area contributed by atoms with Crippen LogP contribution in [0.15, 0.2) is 64.4 Å². The molecule has 31 heavy (non-hydrogen) atoms. The predicted molar refractivity (Wildman–Crippen MR) is 119 cm³/mol. The lowest BCUT2D eigenvalue weighted by Crippen LogP contribution is -2.40. The largest absolute Gasteiger partial charge is 0.468 e. The van der Waals surface area contributed by atoms with E-state index in [4.69, 9.17) is 0 Å². The van der Waals surface area contributed by atoms with Gasteiger partial charge in [0.2, 0.25) is 15.9 Å². The van der Waals surface area contributed by atoms with Gasteiger partial charge in [-0.25, -0.2) is 8.42 Å². The summed E-state index contributed by atoms with van der Waals surface area (Å²) in [5.74, 6) is -0.630. The molecular formula is C22H22N2O5S2. The van der Waals surface area contributed by atoms with Gasteiger partial charge in [-0.2, -0.15) is 4.31 Å². The van der Waals surface area contributed by atoms with Gasteiger partial charge in [-0.1, -0.05) is 36.4 Å². The van der Waals surface area contributed by atoms with Gasteiger partial charge in [0, 0.05) is 18.0 Å². The monoisotopic (exact) mass is 458 g/mol. The summed E-state index contributed by atoms with van der Waals surface area (Å²) in [4.78, 5) is 26.3. The van der Waals surface area contributed by atoms with E-state index in [-0.39, 0.29) is 29.6 Å². The molecule has 2 heterocycles. The lowest BCUT2D eigenvalue weighted by atomic mass is 10.0. The molecule has 0 fully saturated rings. The number of fused-ring (bicyclic) bond motifs is 1. The maximum atomic E-state index is 13.3. The Morgan fingerprint density at radius 2 is 1.94 bits per heavy atom. The molecular weight excluding hydrogens is 436 g/mol. The maximum absolute atomic E-state index is 13.3. The molecule has 2 aliphatic heterocycles. The number of methoxy groups -OCH3 is 1. The molecule has 0 aliphatic carbocycles. The molecule has 0 aromatic heterocycles. The number of hydrogen-bond acceptors (Lipinski definition) is 6. The molecule has 4 rings (SSSR count). The van der Waals surface area contributed by atoms with Crippen LogP contribution in [0.1, 0.15) is 12.0 Å². The molecule has 0 saturated heterocycles. The van der Waals surface area contributed by atoms with Crippen LogP contribution >= 0.6 is 11.8 Å². The summed E-state index contributed by atoms with van der Waals surface area (Å²) in [6, 6.07) is 14.6. The molecule has 162 valence electrons. The normalized spacial score (nSPS) is 17.1. The summed E-state index contributed by atoms with van der Waals surface area (Å²) in [6.07, 6.45) is 2.56. The van der Waals surface area contributed by atoms with E-state index in [1.165, 1.54) is 34.1 Å². The van der Waals surface area contributed by atoms with Crippen molar-refractivity contribution in [3.63, 3.8) is 0 Å². The fraction of sp³-hybridized carbons (Fsp3) is 0.273. The van der Waals surface area contributed by atoms with Crippen LogP contribution in [-0.4, -0.2) is 57.1 Å². The first-order chi connectivity index (χ1) is 14.9. The van der Waals surface area contributed by atoms with Crippen LogP contribution in [-0.2, 0) is 24.3 Å². The fourth-order valence-corrected chi connectivity index (χ4v) is 5.96. The average Bonchev–Trinajstić information content (AvgIpc) is 2.81. The van der Waals surface area contributed by atoms with Crippen LogP contribution in [0.2, 0.25) is 0 Å². The lowest BCUT2D eigenvalue weighted by molar-refractivity contribution is -0.139. The topological polar surface area (TPSA) is 84.0 Å². The Morgan fingerprint density at radius 3 is 2.61 bits per heavy atom. The van der Waals surface area contributed by atoms with Crippen molar-refractivity contribution in [2.75, 3.05) is 37.4 Å². The van der Waals surface area contributed by atoms with Gasteiger partial charge in [-0.3, -0.25) is 14.5 Å². The Kier molecular flexibility index (Phi) is 6.17. The van der Waals surface area contributed by atoms with Gasteiger partial charge < -0.3 is 4.74 Å². The number of nitrogens with zero attached hydrogens (tertiary/aromatic N) is 2. The lowest BCUT2D eigenvalue weighted by Gasteiger charge is -2.30. The molecule has 0 atom stereocenters. The van der Waals surface area contributed by atoms with E-state index in [2.05, 4.69) is 4.74 Å². The maximum Gasteiger partial charge on any atom is 0.325 e. The summed E-state index contributed by atoms with van der Waals surface area (Å²) >= 11 is 1.33. The van der Waals surface area contributed by atoms with E-state index in [0.717, 1.165) is 16.0 Å². The molecule has 1 amide bonds. The molecule has 0 unspecified atom stereocenters. The first-order valence-electron chi connectivity index (χ1n) is 9.79. The van der Waals surface area contributed by atoms with Gasteiger partial charge >= 0.3 is 5.97 Å². The molecule has 0 N–H and O–H groups in total. The van der Waals surface area contributed by atoms with Crippen LogP contribution in [0.25, 0.3) is 5.57 Å². The summed E-state index contributed by atoms with van der Waals surface area (Å²) in [5.41, 5.74) is 2.65. The minimum Gasteiger partial charge on any atom is -0.468 e. The highest BCUT2D eigenvalue weighted by Gasteiger charge is 2.31. The molecule has 0 saturated carbocycles. The minimum atomic E-state index is -3.75. The zero-order valence-electron chi connectivity index (χ0n) is 17.0. The third-order valence-electron chi connectivity index (χ3n) is 5.34. The van der Waals surface area contributed by atoms with Crippen molar-refractivity contribution < 1.29 is 22.7 Å². The molecule has 9 heteroatoms. The molecule has 0 spiro atoms. The summed E-state index contributed by atoms with van der Waals surface area (Å²) in [7, 11) is -2.50. The highest BCUT2D eigenvalue weighted by atomic mass is 32.2. The highest BCUT2D eigenvalue weighted by molar-refractivity contribution is 8.00.